The fourth-order valence-electron chi connectivity index (χ4n) is 1.49. The Morgan fingerprint density at radius 2 is 1.81 bits per heavy atom. The van der Waals surface area contributed by atoms with Gasteiger partial charge < -0.3 is 9.47 Å². The molecule has 0 spiro atoms. The zero-order valence-electron chi connectivity index (χ0n) is 10.7. The molecule has 2 rings (SSSR count). The van der Waals surface area contributed by atoms with E-state index < -0.39 is 12.1 Å². The first-order chi connectivity index (χ1) is 9.87. The Kier molecular flexibility index (Phi) is 3.93. The molecule has 0 radical (unpaired) electrons. The Labute approximate surface area is 117 Å². The van der Waals surface area contributed by atoms with Gasteiger partial charge in [0.1, 0.15) is 11.8 Å². The number of aromatic nitrogens is 2. The van der Waals surface area contributed by atoms with Gasteiger partial charge in [0.2, 0.25) is 0 Å². The van der Waals surface area contributed by atoms with Gasteiger partial charge >= 0.3 is 12.4 Å². The van der Waals surface area contributed by atoms with E-state index in [-0.39, 0.29) is 17.5 Å². The summed E-state index contributed by atoms with van der Waals surface area (Å²) in [7, 11) is 0. The molecule has 5 nitrogen and oxygen atoms in total. The third-order valence-corrected chi connectivity index (χ3v) is 2.22. The van der Waals surface area contributed by atoms with Gasteiger partial charge in [0.25, 0.3) is 0 Å². The zero-order valence-corrected chi connectivity index (χ0v) is 10.7. The molecule has 0 amide bonds. The van der Waals surface area contributed by atoms with Crippen molar-refractivity contribution in [1.82, 2.24) is 9.97 Å². The van der Waals surface area contributed by atoms with Crippen LogP contribution in [0, 0.1) is 18.3 Å². The second-order valence-electron chi connectivity index (χ2n) is 3.89. The lowest BCUT2D eigenvalue weighted by molar-refractivity contribution is -0.275. The fourth-order valence-corrected chi connectivity index (χ4v) is 1.49. The van der Waals surface area contributed by atoms with E-state index in [0.717, 1.165) is 6.07 Å². The summed E-state index contributed by atoms with van der Waals surface area (Å²) in [6.07, 6.45) is -4.84. The standard InChI is InChI=1S/C13H8F3N3O2/c1-8-6-9(7-17)19-12(18-8)20-10-4-2-3-5-11(10)21-13(14,15)16/h2-6H,1H3. The maximum Gasteiger partial charge on any atom is 0.573 e. The Hall–Kier alpha value is -2.82. The van der Waals surface area contributed by atoms with Gasteiger partial charge in [-0.2, -0.15) is 10.2 Å². The van der Waals surface area contributed by atoms with Crippen LogP contribution in [0.4, 0.5) is 13.2 Å². The molecule has 0 atom stereocenters. The van der Waals surface area contributed by atoms with Crippen molar-refractivity contribution in [2.75, 3.05) is 0 Å². The molecule has 0 saturated carbocycles. The predicted octanol–water partition coefficient (Wildman–Crippen LogP) is 3.35. The van der Waals surface area contributed by atoms with Crippen LogP contribution in [0.15, 0.2) is 30.3 Å². The summed E-state index contributed by atoms with van der Waals surface area (Å²) in [4.78, 5) is 7.65. The smallest absolute Gasteiger partial charge is 0.420 e. The summed E-state index contributed by atoms with van der Waals surface area (Å²) < 4.78 is 45.9. The Balaban J connectivity index is 2.32. The van der Waals surface area contributed by atoms with Crippen molar-refractivity contribution in [2.45, 2.75) is 13.3 Å². The van der Waals surface area contributed by atoms with Gasteiger partial charge in [-0.3, -0.25) is 0 Å². The Morgan fingerprint density at radius 3 is 2.43 bits per heavy atom. The van der Waals surface area contributed by atoms with Crippen molar-refractivity contribution in [2.24, 2.45) is 0 Å². The highest BCUT2D eigenvalue weighted by atomic mass is 19.4. The number of aryl methyl sites for hydroxylation is 1. The van der Waals surface area contributed by atoms with Crippen molar-refractivity contribution in [3.8, 4) is 23.6 Å². The molecule has 0 aliphatic carbocycles. The third kappa shape index (κ3) is 4.07. The molecule has 0 fully saturated rings. The average Bonchev–Trinajstić information content (AvgIpc) is 2.38. The molecule has 0 N–H and O–H groups in total. The number of benzene rings is 1. The summed E-state index contributed by atoms with van der Waals surface area (Å²) in [6.45, 7) is 1.60. The van der Waals surface area contributed by atoms with E-state index in [2.05, 4.69) is 14.7 Å². The number of ether oxygens (including phenoxy) is 2. The van der Waals surface area contributed by atoms with E-state index in [9.17, 15) is 13.2 Å². The molecule has 1 aromatic carbocycles. The van der Waals surface area contributed by atoms with Gasteiger partial charge in [0, 0.05) is 5.69 Å². The lowest BCUT2D eigenvalue weighted by Gasteiger charge is -2.12. The van der Waals surface area contributed by atoms with E-state index >= 15 is 0 Å². The number of para-hydroxylation sites is 2. The molecule has 8 heteroatoms. The van der Waals surface area contributed by atoms with Crippen LogP contribution in [-0.2, 0) is 0 Å². The zero-order chi connectivity index (χ0) is 15.5. The van der Waals surface area contributed by atoms with Crippen LogP contribution in [-0.4, -0.2) is 16.3 Å². The van der Waals surface area contributed by atoms with Gasteiger partial charge in [0.05, 0.1) is 0 Å². The monoisotopic (exact) mass is 295 g/mol. The third-order valence-electron chi connectivity index (χ3n) is 2.22. The lowest BCUT2D eigenvalue weighted by Crippen LogP contribution is -2.17. The van der Waals surface area contributed by atoms with Crippen molar-refractivity contribution < 1.29 is 22.6 Å². The maximum absolute atomic E-state index is 12.3. The van der Waals surface area contributed by atoms with Crippen molar-refractivity contribution in [3.63, 3.8) is 0 Å². The molecule has 108 valence electrons. The molecule has 0 aliphatic rings. The number of hydrogen-bond acceptors (Lipinski definition) is 5. The summed E-state index contributed by atoms with van der Waals surface area (Å²) >= 11 is 0. The van der Waals surface area contributed by atoms with Gasteiger partial charge in [-0.1, -0.05) is 12.1 Å². The topological polar surface area (TPSA) is 68.0 Å². The molecular weight excluding hydrogens is 287 g/mol. The van der Waals surface area contributed by atoms with E-state index in [0.29, 0.717) is 5.69 Å². The first-order valence-electron chi connectivity index (χ1n) is 5.66. The van der Waals surface area contributed by atoms with Crippen LogP contribution in [0.2, 0.25) is 0 Å². The van der Waals surface area contributed by atoms with Crippen LogP contribution >= 0.6 is 0 Å². The Bertz CT molecular complexity index is 696. The summed E-state index contributed by atoms with van der Waals surface area (Å²) in [5.41, 5.74) is 0.498. The number of nitriles is 1. The number of rotatable bonds is 3. The van der Waals surface area contributed by atoms with Crippen molar-refractivity contribution in [1.29, 1.82) is 5.26 Å². The number of hydrogen-bond donors (Lipinski definition) is 0. The molecule has 0 unspecified atom stereocenters. The minimum absolute atomic E-state index is 0.0479. The van der Waals surface area contributed by atoms with Crippen LogP contribution in [0.25, 0.3) is 0 Å². The number of halogens is 3. The minimum atomic E-state index is -4.84. The molecule has 0 saturated heterocycles. The van der Waals surface area contributed by atoms with Gasteiger partial charge in [-0.15, -0.1) is 13.2 Å². The van der Waals surface area contributed by atoms with Gasteiger partial charge in [0.15, 0.2) is 11.5 Å². The summed E-state index contributed by atoms with van der Waals surface area (Å²) in [5.74, 6) is -0.724. The second kappa shape index (κ2) is 5.66. The van der Waals surface area contributed by atoms with Crippen molar-refractivity contribution in [3.05, 3.63) is 41.7 Å². The van der Waals surface area contributed by atoms with Gasteiger partial charge in [-0.25, -0.2) is 4.98 Å². The molecule has 2 aromatic rings. The van der Waals surface area contributed by atoms with Crippen LogP contribution in [0.5, 0.6) is 17.5 Å². The van der Waals surface area contributed by atoms with E-state index in [1.165, 1.54) is 24.3 Å². The van der Waals surface area contributed by atoms with Crippen LogP contribution in [0.1, 0.15) is 11.4 Å². The molecule has 0 bridgehead atoms. The highest BCUT2D eigenvalue weighted by Gasteiger charge is 2.32. The van der Waals surface area contributed by atoms with E-state index in [1.54, 1.807) is 13.0 Å². The van der Waals surface area contributed by atoms with Gasteiger partial charge in [-0.05, 0) is 25.1 Å². The van der Waals surface area contributed by atoms with Crippen LogP contribution in [0.3, 0.4) is 0 Å². The van der Waals surface area contributed by atoms with E-state index in [4.69, 9.17) is 10.00 Å². The summed E-state index contributed by atoms with van der Waals surface area (Å²) in [6, 6.07) is 8.21. The minimum Gasteiger partial charge on any atom is -0.420 e. The number of alkyl halides is 3. The maximum atomic E-state index is 12.3. The number of nitrogens with zero attached hydrogens (tertiary/aromatic N) is 3. The molecule has 1 heterocycles. The second-order valence-corrected chi connectivity index (χ2v) is 3.89. The normalized spacial score (nSPS) is 10.8. The molecule has 1 aromatic heterocycles. The van der Waals surface area contributed by atoms with E-state index in [1.807, 2.05) is 0 Å². The lowest BCUT2D eigenvalue weighted by atomic mass is 10.3. The van der Waals surface area contributed by atoms with Crippen LogP contribution < -0.4 is 9.47 Å². The van der Waals surface area contributed by atoms with Crippen molar-refractivity contribution >= 4 is 0 Å². The fraction of sp³-hybridized carbons (Fsp3) is 0.154. The predicted molar refractivity (Wildman–Crippen MR) is 64.7 cm³/mol. The highest BCUT2D eigenvalue weighted by Crippen LogP contribution is 2.33. The molecular formula is C13H8F3N3O2. The molecule has 0 aliphatic heterocycles. The quantitative estimate of drug-likeness (QED) is 0.868. The first-order valence-corrected chi connectivity index (χ1v) is 5.66. The SMILES string of the molecule is Cc1cc(C#N)nc(Oc2ccccc2OC(F)(F)F)n1. The summed E-state index contributed by atoms with van der Waals surface area (Å²) in [5, 5.41) is 8.79. The largest absolute Gasteiger partial charge is 0.573 e. The first kappa shape index (κ1) is 14.6. The average molecular weight is 295 g/mol. The molecule has 21 heavy (non-hydrogen) atoms. The highest BCUT2D eigenvalue weighted by molar-refractivity contribution is 5.41. The Morgan fingerprint density at radius 1 is 1.14 bits per heavy atom.